The summed E-state index contributed by atoms with van der Waals surface area (Å²) >= 11 is 5.97. The number of halogens is 1. The molecule has 0 radical (unpaired) electrons. The molecule has 0 bridgehead atoms. The number of likely N-dealkylation sites (N-methyl/N-ethyl adjacent to an activating group) is 1. The Hall–Kier alpha value is -1.25. The van der Waals surface area contributed by atoms with Gasteiger partial charge in [-0.1, -0.05) is 18.5 Å². The van der Waals surface area contributed by atoms with Crippen LogP contribution in [-0.4, -0.2) is 12.6 Å². The molecule has 0 aliphatic heterocycles. The van der Waals surface area contributed by atoms with E-state index in [2.05, 4.69) is 25.2 Å². The van der Waals surface area contributed by atoms with Gasteiger partial charge in [-0.15, -0.1) is 0 Å². The van der Waals surface area contributed by atoms with Gasteiger partial charge in [-0.25, -0.2) is 0 Å². The van der Waals surface area contributed by atoms with Gasteiger partial charge in [0.05, 0.1) is 0 Å². The van der Waals surface area contributed by atoms with E-state index in [4.69, 9.17) is 16.0 Å². The number of benzene rings is 1. The molecule has 0 amide bonds. The zero-order chi connectivity index (χ0) is 13.8. The lowest BCUT2D eigenvalue weighted by molar-refractivity contribution is 0.470. The summed E-state index contributed by atoms with van der Waals surface area (Å²) in [5, 5.41) is 4.14. The van der Waals surface area contributed by atoms with Gasteiger partial charge in [0.1, 0.15) is 11.5 Å². The van der Waals surface area contributed by atoms with Crippen molar-refractivity contribution in [3.8, 4) is 11.3 Å². The van der Waals surface area contributed by atoms with Gasteiger partial charge in [-0.3, -0.25) is 0 Å². The van der Waals surface area contributed by atoms with E-state index in [9.17, 15) is 0 Å². The normalized spacial score (nSPS) is 12.6. The molecule has 1 atom stereocenters. The molecule has 1 aromatic carbocycles. The van der Waals surface area contributed by atoms with E-state index in [-0.39, 0.29) is 0 Å². The zero-order valence-electron chi connectivity index (χ0n) is 11.7. The number of furan rings is 1. The number of rotatable bonds is 5. The minimum atomic E-state index is 0.426. The fourth-order valence-electron chi connectivity index (χ4n) is 2.26. The topological polar surface area (TPSA) is 25.2 Å². The van der Waals surface area contributed by atoms with Crippen LogP contribution in [0.2, 0.25) is 5.02 Å². The lowest BCUT2D eigenvalue weighted by Gasteiger charge is -2.09. The lowest BCUT2D eigenvalue weighted by atomic mass is 10.1. The Morgan fingerprint density at radius 1 is 1.26 bits per heavy atom. The number of nitrogens with one attached hydrogen (secondary N) is 1. The first kappa shape index (κ1) is 14.2. The standard InChI is InChI=1S/C16H20ClNO/c1-4-18-12(3)10-14-6-8-16(19-14)15-7-5-13(17)9-11(15)2/h5-9,12,18H,4,10H2,1-3H3. The van der Waals surface area contributed by atoms with Crippen LogP contribution in [0.25, 0.3) is 11.3 Å². The number of aryl methyl sites for hydroxylation is 1. The third-order valence-electron chi connectivity index (χ3n) is 3.18. The maximum atomic E-state index is 5.97. The molecule has 102 valence electrons. The second-order valence-corrected chi connectivity index (χ2v) is 5.32. The average molecular weight is 278 g/mol. The quantitative estimate of drug-likeness (QED) is 0.873. The predicted molar refractivity (Wildman–Crippen MR) is 80.7 cm³/mol. The number of hydrogen-bond acceptors (Lipinski definition) is 2. The van der Waals surface area contributed by atoms with E-state index >= 15 is 0 Å². The van der Waals surface area contributed by atoms with Crippen molar-refractivity contribution in [2.24, 2.45) is 0 Å². The minimum absolute atomic E-state index is 0.426. The van der Waals surface area contributed by atoms with E-state index in [1.54, 1.807) is 0 Å². The molecule has 19 heavy (non-hydrogen) atoms. The van der Waals surface area contributed by atoms with Crippen molar-refractivity contribution in [3.63, 3.8) is 0 Å². The first-order valence-corrected chi connectivity index (χ1v) is 7.06. The van der Waals surface area contributed by atoms with Gasteiger partial charge in [0.15, 0.2) is 0 Å². The Labute approximate surface area is 119 Å². The molecule has 3 heteroatoms. The highest BCUT2D eigenvalue weighted by Crippen LogP contribution is 2.27. The van der Waals surface area contributed by atoms with Crippen LogP contribution in [0.5, 0.6) is 0 Å². The molecule has 0 fully saturated rings. The third-order valence-corrected chi connectivity index (χ3v) is 3.41. The molecular weight excluding hydrogens is 258 g/mol. The Morgan fingerprint density at radius 3 is 2.74 bits per heavy atom. The highest BCUT2D eigenvalue weighted by atomic mass is 35.5. The van der Waals surface area contributed by atoms with Gasteiger partial charge in [0.2, 0.25) is 0 Å². The highest BCUT2D eigenvalue weighted by molar-refractivity contribution is 6.30. The molecular formula is C16H20ClNO. The largest absolute Gasteiger partial charge is 0.461 e. The van der Waals surface area contributed by atoms with Gasteiger partial charge in [0.25, 0.3) is 0 Å². The van der Waals surface area contributed by atoms with Gasteiger partial charge in [-0.2, -0.15) is 0 Å². The smallest absolute Gasteiger partial charge is 0.134 e. The molecule has 1 aromatic heterocycles. The Kier molecular flexibility index (Phi) is 4.67. The summed E-state index contributed by atoms with van der Waals surface area (Å²) < 4.78 is 5.92. The summed E-state index contributed by atoms with van der Waals surface area (Å²) in [5.41, 5.74) is 2.24. The summed E-state index contributed by atoms with van der Waals surface area (Å²) in [6.07, 6.45) is 0.903. The van der Waals surface area contributed by atoms with Crippen LogP contribution >= 0.6 is 11.6 Å². The zero-order valence-corrected chi connectivity index (χ0v) is 12.4. The molecule has 2 nitrogen and oxygen atoms in total. The fraction of sp³-hybridized carbons (Fsp3) is 0.375. The fourth-order valence-corrected chi connectivity index (χ4v) is 2.48. The lowest BCUT2D eigenvalue weighted by Crippen LogP contribution is -2.27. The summed E-state index contributed by atoms with van der Waals surface area (Å²) in [5.74, 6) is 1.92. The number of hydrogen-bond donors (Lipinski definition) is 1. The van der Waals surface area contributed by atoms with Crippen molar-refractivity contribution in [2.75, 3.05) is 6.54 Å². The second-order valence-electron chi connectivity index (χ2n) is 4.89. The van der Waals surface area contributed by atoms with Crippen LogP contribution in [0, 0.1) is 6.92 Å². The van der Waals surface area contributed by atoms with Crippen LogP contribution in [0.3, 0.4) is 0 Å². The van der Waals surface area contributed by atoms with E-state index in [1.807, 2.05) is 31.2 Å². The van der Waals surface area contributed by atoms with Crippen molar-refractivity contribution >= 4 is 11.6 Å². The molecule has 2 rings (SSSR count). The van der Waals surface area contributed by atoms with E-state index in [0.717, 1.165) is 40.6 Å². The SMILES string of the molecule is CCNC(C)Cc1ccc(-c2ccc(Cl)cc2C)o1. The molecule has 0 aliphatic carbocycles. The minimum Gasteiger partial charge on any atom is -0.461 e. The third kappa shape index (κ3) is 3.62. The van der Waals surface area contributed by atoms with Gasteiger partial charge < -0.3 is 9.73 Å². The van der Waals surface area contributed by atoms with Crippen LogP contribution in [0.15, 0.2) is 34.7 Å². The summed E-state index contributed by atoms with van der Waals surface area (Å²) in [6.45, 7) is 7.30. The van der Waals surface area contributed by atoms with Crippen molar-refractivity contribution in [1.29, 1.82) is 0 Å². The Balaban J connectivity index is 2.16. The molecule has 1 N–H and O–H groups in total. The van der Waals surface area contributed by atoms with Crippen LogP contribution in [0.4, 0.5) is 0 Å². The second kappa shape index (κ2) is 6.27. The summed E-state index contributed by atoms with van der Waals surface area (Å²) in [4.78, 5) is 0. The van der Waals surface area contributed by atoms with Gasteiger partial charge >= 0.3 is 0 Å². The monoisotopic (exact) mass is 277 g/mol. The molecule has 1 unspecified atom stereocenters. The van der Waals surface area contributed by atoms with Gasteiger partial charge in [-0.05, 0) is 56.3 Å². The first-order valence-electron chi connectivity index (χ1n) is 6.68. The summed E-state index contributed by atoms with van der Waals surface area (Å²) in [6, 6.07) is 10.4. The summed E-state index contributed by atoms with van der Waals surface area (Å²) in [7, 11) is 0. The van der Waals surface area contributed by atoms with Crippen molar-refractivity contribution in [2.45, 2.75) is 33.2 Å². The van der Waals surface area contributed by atoms with Crippen LogP contribution in [0.1, 0.15) is 25.2 Å². The maximum Gasteiger partial charge on any atom is 0.134 e. The Morgan fingerprint density at radius 2 is 2.05 bits per heavy atom. The van der Waals surface area contributed by atoms with E-state index in [0.29, 0.717) is 6.04 Å². The van der Waals surface area contributed by atoms with E-state index in [1.165, 1.54) is 0 Å². The van der Waals surface area contributed by atoms with Crippen molar-refractivity contribution in [1.82, 2.24) is 5.32 Å². The Bertz CT molecular complexity index is 547. The average Bonchev–Trinajstić information content (AvgIpc) is 2.77. The predicted octanol–water partition coefficient (Wildman–Crippen LogP) is 4.45. The first-order chi connectivity index (χ1) is 9.10. The highest BCUT2D eigenvalue weighted by Gasteiger charge is 2.10. The molecule has 0 aliphatic rings. The van der Waals surface area contributed by atoms with Gasteiger partial charge in [0, 0.05) is 23.0 Å². The van der Waals surface area contributed by atoms with Crippen LogP contribution < -0.4 is 5.32 Å². The van der Waals surface area contributed by atoms with Crippen molar-refractivity contribution in [3.05, 3.63) is 46.7 Å². The van der Waals surface area contributed by atoms with E-state index < -0.39 is 0 Å². The molecule has 2 aromatic rings. The maximum absolute atomic E-state index is 5.97. The van der Waals surface area contributed by atoms with Crippen LogP contribution in [-0.2, 0) is 6.42 Å². The molecule has 0 saturated carbocycles. The molecule has 0 spiro atoms. The molecule has 0 saturated heterocycles. The molecule has 1 heterocycles. The van der Waals surface area contributed by atoms with Crippen molar-refractivity contribution < 1.29 is 4.42 Å².